The van der Waals surface area contributed by atoms with Gasteiger partial charge < -0.3 is 5.11 Å². The largest absolute Gasteiger partial charge is 0.380 e. The van der Waals surface area contributed by atoms with Crippen LogP contribution in [0.25, 0.3) is 0 Å². The van der Waals surface area contributed by atoms with Crippen LogP contribution in [-0.2, 0) is 10.2 Å². The Morgan fingerprint density at radius 2 is 1.74 bits per heavy atom. The van der Waals surface area contributed by atoms with E-state index in [1.807, 2.05) is 39.0 Å². The molecule has 0 heterocycles. The lowest BCUT2D eigenvalue weighted by Crippen LogP contribution is -2.69. The van der Waals surface area contributed by atoms with Crippen LogP contribution in [0.2, 0.25) is 0 Å². The molecule has 0 bridgehead atoms. The predicted octanol–water partition coefficient (Wildman–Crippen LogP) is 3.77. The summed E-state index contributed by atoms with van der Waals surface area (Å²) in [7, 11) is 0. The van der Waals surface area contributed by atoms with Crippen molar-refractivity contribution in [3.63, 3.8) is 0 Å². The van der Waals surface area contributed by atoms with Gasteiger partial charge in [0.25, 0.3) is 0 Å². The molecule has 2 aliphatic rings. The van der Waals surface area contributed by atoms with Crippen molar-refractivity contribution in [2.45, 2.75) is 70.8 Å². The van der Waals surface area contributed by atoms with E-state index in [-0.39, 0.29) is 0 Å². The van der Waals surface area contributed by atoms with E-state index < -0.39 is 28.0 Å². The lowest BCUT2D eigenvalue weighted by molar-refractivity contribution is -0.172. The van der Waals surface area contributed by atoms with Crippen molar-refractivity contribution in [2.75, 3.05) is 0 Å². The molecule has 3 heteroatoms. The zero-order valence-corrected chi connectivity index (χ0v) is 14.7. The molecular formula is C20H26O3. The Hall–Kier alpha value is -1.48. The van der Waals surface area contributed by atoms with Gasteiger partial charge in [0.2, 0.25) is 11.6 Å². The van der Waals surface area contributed by atoms with E-state index in [1.165, 1.54) is 0 Å². The molecule has 0 amide bonds. The van der Waals surface area contributed by atoms with Gasteiger partial charge in [-0.1, -0.05) is 53.2 Å². The Morgan fingerprint density at radius 1 is 1.09 bits per heavy atom. The molecule has 0 unspecified atom stereocenters. The van der Waals surface area contributed by atoms with Gasteiger partial charge in [0, 0.05) is 16.4 Å². The Kier molecular flexibility index (Phi) is 3.39. The Morgan fingerprint density at radius 3 is 2.35 bits per heavy atom. The van der Waals surface area contributed by atoms with Crippen molar-refractivity contribution in [1.29, 1.82) is 0 Å². The van der Waals surface area contributed by atoms with Gasteiger partial charge in [0.15, 0.2) is 0 Å². The zero-order valence-electron chi connectivity index (χ0n) is 14.7. The minimum Gasteiger partial charge on any atom is -0.380 e. The highest BCUT2D eigenvalue weighted by atomic mass is 16.3. The molecule has 0 aromatic heterocycles. The topological polar surface area (TPSA) is 54.4 Å². The fourth-order valence-corrected chi connectivity index (χ4v) is 4.76. The van der Waals surface area contributed by atoms with E-state index in [2.05, 4.69) is 13.8 Å². The first-order valence-corrected chi connectivity index (χ1v) is 8.52. The van der Waals surface area contributed by atoms with Crippen molar-refractivity contribution >= 4 is 11.6 Å². The molecule has 1 saturated carbocycles. The number of hydrogen-bond acceptors (Lipinski definition) is 3. The number of hydrogen-bond donors (Lipinski definition) is 1. The van der Waals surface area contributed by atoms with Crippen LogP contribution in [0, 0.1) is 5.41 Å². The van der Waals surface area contributed by atoms with E-state index in [0.717, 1.165) is 30.4 Å². The van der Waals surface area contributed by atoms with Crippen LogP contribution in [0.4, 0.5) is 0 Å². The average molecular weight is 314 g/mol. The Labute approximate surface area is 138 Å². The number of benzene rings is 1. The third kappa shape index (κ3) is 1.86. The van der Waals surface area contributed by atoms with Gasteiger partial charge in [-0.2, -0.15) is 0 Å². The van der Waals surface area contributed by atoms with Crippen molar-refractivity contribution in [3.8, 4) is 0 Å². The van der Waals surface area contributed by atoms with Crippen molar-refractivity contribution < 1.29 is 14.7 Å². The molecule has 1 aromatic rings. The van der Waals surface area contributed by atoms with Gasteiger partial charge in [-0.25, -0.2) is 0 Å². The summed E-state index contributed by atoms with van der Waals surface area (Å²) in [6, 6.07) is 5.84. The third-order valence-corrected chi connectivity index (χ3v) is 6.34. The quantitative estimate of drug-likeness (QED) is 0.803. The third-order valence-electron chi connectivity index (χ3n) is 6.34. The molecule has 2 atom stereocenters. The molecule has 1 fully saturated rings. The number of fused-ring (bicyclic) bond motifs is 3. The Balaban J connectivity index is 2.30. The minimum absolute atomic E-state index is 0.291. The summed E-state index contributed by atoms with van der Waals surface area (Å²) < 4.78 is 0. The van der Waals surface area contributed by atoms with Gasteiger partial charge in [0.1, 0.15) is 5.60 Å². The fourth-order valence-electron chi connectivity index (χ4n) is 4.76. The van der Waals surface area contributed by atoms with E-state index in [0.29, 0.717) is 11.5 Å². The molecule has 3 nitrogen and oxygen atoms in total. The molecular weight excluding hydrogens is 288 g/mol. The van der Waals surface area contributed by atoms with Crippen molar-refractivity contribution in [1.82, 2.24) is 0 Å². The fraction of sp³-hybridized carbons (Fsp3) is 0.600. The summed E-state index contributed by atoms with van der Waals surface area (Å²) in [6.07, 6.45) is 2.41. The summed E-state index contributed by atoms with van der Waals surface area (Å²) in [5.74, 6) is -0.866. The van der Waals surface area contributed by atoms with Crippen LogP contribution in [0.5, 0.6) is 0 Å². The highest BCUT2D eigenvalue weighted by Crippen LogP contribution is 2.58. The van der Waals surface area contributed by atoms with Crippen LogP contribution in [0.1, 0.15) is 81.3 Å². The summed E-state index contributed by atoms with van der Waals surface area (Å²) in [5, 5.41) is 11.5. The molecule has 23 heavy (non-hydrogen) atoms. The summed E-state index contributed by atoms with van der Waals surface area (Å²) in [4.78, 5) is 25.7. The molecule has 2 aliphatic carbocycles. The standard InChI is InChI=1S/C20H26O3/c1-12(2)13-7-8-15-14(11-13)16(21)17(22)20(23)18(3,4)9-6-10-19(15,20)5/h7-8,11-12,23H,6,9-10H2,1-5H3/t19-,20-/m1/s1. The summed E-state index contributed by atoms with van der Waals surface area (Å²) >= 11 is 0. The SMILES string of the molecule is CC(C)c1ccc2c(c1)C(=O)C(=O)[C@@]1(O)C(C)(C)CCC[C@]21C. The van der Waals surface area contributed by atoms with Gasteiger partial charge in [0.05, 0.1) is 0 Å². The number of Topliss-reactive ketones (excluding diaryl/α,β-unsaturated/α-hetero) is 2. The first-order chi connectivity index (χ1) is 10.6. The average Bonchev–Trinajstić information content (AvgIpc) is 2.49. The number of carbonyl (C=O) groups is 2. The van der Waals surface area contributed by atoms with Crippen LogP contribution in [0.15, 0.2) is 18.2 Å². The molecule has 0 saturated heterocycles. The van der Waals surface area contributed by atoms with Crippen LogP contribution in [0.3, 0.4) is 0 Å². The molecule has 0 radical (unpaired) electrons. The number of carbonyl (C=O) groups excluding carboxylic acids is 2. The molecule has 0 aliphatic heterocycles. The first kappa shape index (κ1) is 16.4. The Bertz CT molecular complexity index is 701. The molecule has 1 aromatic carbocycles. The lowest BCUT2D eigenvalue weighted by atomic mass is 9.46. The molecule has 3 rings (SSSR count). The monoisotopic (exact) mass is 314 g/mol. The van der Waals surface area contributed by atoms with Gasteiger partial charge in [-0.05, 0) is 36.0 Å². The molecule has 1 N–H and O–H groups in total. The highest BCUT2D eigenvalue weighted by molar-refractivity contribution is 6.48. The predicted molar refractivity (Wildman–Crippen MR) is 89.8 cm³/mol. The first-order valence-electron chi connectivity index (χ1n) is 8.52. The lowest BCUT2D eigenvalue weighted by Gasteiger charge is -2.58. The second-order valence-corrected chi connectivity index (χ2v) is 8.40. The maximum Gasteiger partial charge on any atom is 0.236 e. The smallest absolute Gasteiger partial charge is 0.236 e. The van der Waals surface area contributed by atoms with E-state index in [4.69, 9.17) is 0 Å². The van der Waals surface area contributed by atoms with Crippen molar-refractivity contribution in [2.24, 2.45) is 5.41 Å². The number of aliphatic hydroxyl groups is 1. The van der Waals surface area contributed by atoms with E-state index in [9.17, 15) is 14.7 Å². The molecule has 124 valence electrons. The normalized spacial score (nSPS) is 32.7. The van der Waals surface area contributed by atoms with Crippen LogP contribution >= 0.6 is 0 Å². The van der Waals surface area contributed by atoms with E-state index in [1.54, 1.807) is 0 Å². The minimum atomic E-state index is -1.62. The summed E-state index contributed by atoms with van der Waals surface area (Å²) in [6.45, 7) is 9.90. The summed E-state index contributed by atoms with van der Waals surface area (Å²) in [5.41, 5.74) is -0.560. The van der Waals surface area contributed by atoms with Crippen molar-refractivity contribution in [3.05, 3.63) is 34.9 Å². The van der Waals surface area contributed by atoms with Gasteiger partial charge >= 0.3 is 0 Å². The number of ketones is 2. The van der Waals surface area contributed by atoms with E-state index >= 15 is 0 Å². The van der Waals surface area contributed by atoms with Crippen LogP contribution < -0.4 is 0 Å². The van der Waals surface area contributed by atoms with Gasteiger partial charge in [-0.3, -0.25) is 9.59 Å². The van der Waals surface area contributed by atoms with Crippen LogP contribution in [-0.4, -0.2) is 22.3 Å². The van der Waals surface area contributed by atoms with Gasteiger partial charge in [-0.15, -0.1) is 0 Å². The molecule has 0 spiro atoms. The maximum atomic E-state index is 12.9. The zero-order chi connectivity index (χ0) is 17.2. The second kappa shape index (κ2) is 4.76. The highest BCUT2D eigenvalue weighted by Gasteiger charge is 2.67. The maximum absolute atomic E-state index is 12.9. The number of rotatable bonds is 1. The second-order valence-electron chi connectivity index (χ2n) is 8.40.